The third-order valence-corrected chi connectivity index (χ3v) is 6.28. The van der Waals surface area contributed by atoms with Crippen molar-refractivity contribution in [1.29, 1.82) is 0 Å². The topological polar surface area (TPSA) is 66.4 Å². The summed E-state index contributed by atoms with van der Waals surface area (Å²) in [5, 5.41) is 9.78. The van der Waals surface area contributed by atoms with E-state index in [9.17, 15) is 4.79 Å². The number of hydrogen-bond donors (Lipinski definition) is 1. The summed E-state index contributed by atoms with van der Waals surface area (Å²) >= 11 is 0. The quantitative estimate of drug-likeness (QED) is 0.140. The van der Waals surface area contributed by atoms with Crippen LogP contribution in [0.5, 0.6) is 11.5 Å². The van der Waals surface area contributed by atoms with Crippen LogP contribution in [0.25, 0.3) is 0 Å². The summed E-state index contributed by atoms with van der Waals surface area (Å²) in [6, 6.07) is 5.76. The molecule has 0 bridgehead atoms. The maximum Gasteiger partial charge on any atom is 0.276 e. The smallest absolute Gasteiger partial charge is 0.276 e. The van der Waals surface area contributed by atoms with E-state index in [0.29, 0.717) is 41.9 Å². The van der Waals surface area contributed by atoms with Crippen molar-refractivity contribution in [2.75, 3.05) is 34.9 Å². The maximum absolute atomic E-state index is 13.2. The number of allylic oxidation sites excluding steroid dienone is 5. The number of benzene rings is 1. The zero-order valence-electron chi connectivity index (χ0n) is 27.8. The van der Waals surface area contributed by atoms with E-state index in [4.69, 9.17) is 14.6 Å². The highest BCUT2D eigenvalue weighted by atomic mass is 16.5. The Kier molecular flexibility index (Phi) is 20.7. The average molecular weight is 571 g/mol. The highest BCUT2D eigenvalue weighted by Gasteiger charge is 2.28. The largest absolute Gasteiger partial charge is 0.493 e. The van der Waals surface area contributed by atoms with Crippen molar-refractivity contribution in [1.82, 2.24) is 15.2 Å². The Hall–Kier alpha value is -3.22. The van der Waals surface area contributed by atoms with Crippen LogP contribution in [0.2, 0.25) is 0 Å². The second-order valence-corrected chi connectivity index (χ2v) is 10.2. The van der Waals surface area contributed by atoms with E-state index >= 15 is 0 Å². The zero-order chi connectivity index (χ0) is 31.2. The summed E-state index contributed by atoms with van der Waals surface area (Å²) in [6.07, 6.45) is 16.0. The number of methoxy groups -OCH3 is 2. The van der Waals surface area contributed by atoms with Crippen molar-refractivity contribution in [3.8, 4) is 11.5 Å². The minimum Gasteiger partial charge on any atom is -0.493 e. The summed E-state index contributed by atoms with van der Waals surface area (Å²) in [6.45, 7) is 15.2. The zero-order valence-corrected chi connectivity index (χ0v) is 27.8. The number of carbonyl (C=O) groups excluding carboxylic acids is 1. The Morgan fingerprint density at radius 1 is 1.07 bits per heavy atom. The van der Waals surface area contributed by atoms with Crippen LogP contribution in [-0.2, 0) is 11.2 Å². The number of ether oxygens (including phenoxy) is 2. The van der Waals surface area contributed by atoms with Crippen LogP contribution in [0.4, 0.5) is 0 Å². The Balaban J connectivity index is 0.00000299. The molecule has 0 fully saturated rings. The lowest BCUT2D eigenvalue weighted by Crippen LogP contribution is -2.46. The summed E-state index contributed by atoms with van der Waals surface area (Å²) in [5.41, 5.74) is 2.48. The number of hydrazone groups is 1. The Morgan fingerprint density at radius 2 is 1.73 bits per heavy atom. The van der Waals surface area contributed by atoms with Gasteiger partial charge in [-0.15, -0.1) is 0 Å². The van der Waals surface area contributed by atoms with Gasteiger partial charge in [0.15, 0.2) is 11.5 Å². The normalized spacial score (nSPS) is 14.9. The highest BCUT2D eigenvalue weighted by molar-refractivity contribution is 6.08. The first-order chi connectivity index (χ1) is 19.7. The molecule has 1 unspecified atom stereocenters. The number of nitrogens with zero attached hydrogens (tertiary/aromatic N) is 3. The molecule has 0 radical (unpaired) electrons. The number of amides is 1. The molecule has 1 aromatic carbocycles. The van der Waals surface area contributed by atoms with E-state index < -0.39 is 0 Å². The van der Waals surface area contributed by atoms with E-state index in [0.717, 1.165) is 36.9 Å². The molecule has 0 saturated heterocycles. The molecule has 1 atom stereocenters. The summed E-state index contributed by atoms with van der Waals surface area (Å²) in [7, 11) is 7.13. The van der Waals surface area contributed by atoms with Crippen LogP contribution in [0.1, 0.15) is 92.6 Å². The molecule has 232 valence electrons. The molecule has 0 aliphatic carbocycles. The van der Waals surface area contributed by atoms with Crippen LogP contribution < -0.4 is 14.8 Å². The second kappa shape index (κ2) is 22.5. The second-order valence-electron chi connectivity index (χ2n) is 10.2. The molecule has 1 heterocycles. The first kappa shape index (κ1) is 37.8. The van der Waals surface area contributed by atoms with Crippen LogP contribution in [0.3, 0.4) is 0 Å². The van der Waals surface area contributed by atoms with Gasteiger partial charge in [-0.3, -0.25) is 9.80 Å². The van der Waals surface area contributed by atoms with E-state index in [2.05, 4.69) is 50.4 Å². The van der Waals surface area contributed by atoms with Crippen molar-refractivity contribution in [2.45, 2.75) is 93.4 Å². The van der Waals surface area contributed by atoms with Crippen molar-refractivity contribution >= 4 is 11.7 Å². The van der Waals surface area contributed by atoms with Crippen molar-refractivity contribution in [3.05, 3.63) is 59.5 Å². The van der Waals surface area contributed by atoms with E-state index in [1.165, 1.54) is 12.8 Å². The van der Waals surface area contributed by atoms with Gasteiger partial charge in [-0.1, -0.05) is 77.8 Å². The number of rotatable bonds is 14. The van der Waals surface area contributed by atoms with Gasteiger partial charge >= 0.3 is 0 Å². The van der Waals surface area contributed by atoms with Gasteiger partial charge < -0.3 is 19.7 Å². The predicted octanol–water partition coefficient (Wildman–Crippen LogP) is 7.95. The van der Waals surface area contributed by atoms with E-state index in [1.54, 1.807) is 14.2 Å². The third-order valence-electron chi connectivity index (χ3n) is 6.28. The number of amidine groups is 1. The fourth-order valence-corrected chi connectivity index (χ4v) is 4.06. The Labute approximate surface area is 251 Å². The van der Waals surface area contributed by atoms with E-state index in [1.807, 2.05) is 69.9 Å². The van der Waals surface area contributed by atoms with Gasteiger partial charge in [0.05, 0.1) is 14.2 Å². The van der Waals surface area contributed by atoms with Gasteiger partial charge in [-0.25, -0.2) is 0 Å². The van der Waals surface area contributed by atoms with Gasteiger partial charge in [0, 0.05) is 32.8 Å². The lowest BCUT2D eigenvalue weighted by atomic mass is 10.0. The molecule has 0 saturated carbocycles. The van der Waals surface area contributed by atoms with Crippen LogP contribution in [0.15, 0.2) is 59.0 Å². The van der Waals surface area contributed by atoms with Gasteiger partial charge in [0.2, 0.25) is 0 Å². The van der Waals surface area contributed by atoms with Gasteiger partial charge in [-0.05, 0) is 63.1 Å². The van der Waals surface area contributed by atoms with Gasteiger partial charge in [0.25, 0.3) is 5.91 Å². The number of hydrogen-bond acceptors (Lipinski definition) is 6. The molecule has 7 heteroatoms. The molecule has 1 aliphatic heterocycles. The lowest BCUT2D eigenvalue weighted by molar-refractivity contribution is -0.118. The predicted molar refractivity (Wildman–Crippen MR) is 175 cm³/mol. The molecule has 1 N–H and O–H groups in total. The fourth-order valence-electron chi connectivity index (χ4n) is 4.06. The maximum atomic E-state index is 13.2. The molecular weight excluding hydrogens is 512 g/mol. The third kappa shape index (κ3) is 14.3. The van der Waals surface area contributed by atoms with Crippen LogP contribution >= 0.6 is 0 Å². The monoisotopic (exact) mass is 570 g/mol. The fraction of sp³-hybridized carbons (Fsp3) is 0.588. The lowest BCUT2D eigenvalue weighted by Gasteiger charge is -2.32. The first-order valence-electron chi connectivity index (χ1n) is 15.2. The molecule has 7 nitrogen and oxygen atoms in total. The van der Waals surface area contributed by atoms with Crippen molar-refractivity contribution in [2.24, 2.45) is 11.0 Å². The Bertz CT molecular complexity index is 996. The number of unbranched alkanes of at least 4 members (excludes halogenated alkanes) is 2. The molecule has 1 aromatic rings. The van der Waals surface area contributed by atoms with Crippen LogP contribution in [-0.4, -0.2) is 56.5 Å². The standard InChI is InChI=1S/C29H44N4O3.C3H8.C2H6/c1-8-9-10-11-12-13-14-15-16-22(2)21-33-28(23(3)32(4)5)29(34)30-27(31-33)20-24-17-18-25(35-6)26(19-24)36-7;1-3-2;1-2/h8-9,11-12,17-19,22H,10,13-16,20-21H2,1-7H3,(H,30,31,34);3H2,1-2H3;1-2H3/b9-8-,12-11-,28-23-;;. The minimum atomic E-state index is -0.120. The summed E-state index contributed by atoms with van der Waals surface area (Å²) in [5.74, 6) is 2.24. The highest BCUT2D eigenvalue weighted by Crippen LogP contribution is 2.28. The number of carbonyl (C=O) groups is 1. The van der Waals surface area contributed by atoms with Gasteiger partial charge in [0.1, 0.15) is 11.5 Å². The SMILES string of the molecule is C/C=C\C/C=C\CCCCC(C)CN1N=C(Cc2ccc(OC)c(OC)c2)NC(=O)/C1=C(\C)N(C)C.CC.CCC. The molecule has 41 heavy (non-hydrogen) atoms. The average Bonchev–Trinajstić information content (AvgIpc) is 2.95. The Morgan fingerprint density at radius 3 is 2.32 bits per heavy atom. The first-order valence-corrected chi connectivity index (χ1v) is 15.2. The van der Waals surface area contributed by atoms with Crippen molar-refractivity contribution in [3.63, 3.8) is 0 Å². The van der Waals surface area contributed by atoms with E-state index in [-0.39, 0.29) is 5.91 Å². The molecule has 0 aromatic heterocycles. The molecule has 1 aliphatic rings. The van der Waals surface area contributed by atoms with Gasteiger partial charge in [-0.2, -0.15) is 5.10 Å². The summed E-state index contributed by atoms with van der Waals surface area (Å²) < 4.78 is 10.8. The molecule has 2 rings (SSSR count). The summed E-state index contributed by atoms with van der Waals surface area (Å²) in [4.78, 5) is 15.1. The number of nitrogens with one attached hydrogen (secondary N) is 1. The van der Waals surface area contributed by atoms with Crippen LogP contribution in [0, 0.1) is 5.92 Å². The molecule has 0 spiro atoms. The molecule has 1 amide bonds. The minimum absolute atomic E-state index is 0.120. The van der Waals surface area contributed by atoms with Crippen molar-refractivity contribution < 1.29 is 14.3 Å². The molecular formula is C34H58N4O3.